The SMILES string of the molecule is CCCCCCCCCC(=O)NCCC[N+](C)(C)CC(=O)NCCCC[C@H](NC(=O)C[N+](C)(C)CCCNC(=O)CCCCCCCCC)C(=O)OCC. The number of quaternary nitrogens is 2. The lowest BCUT2D eigenvalue weighted by Crippen LogP contribution is -2.52. The molecule has 0 aliphatic carbocycles. The summed E-state index contributed by atoms with van der Waals surface area (Å²) in [4.78, 5) is 62.7. The van der Waals surface area contributed by atoms with Crippen LogP contribution in [0.25, 0.3) is 0 Å². The van der Waals surface area contributed by atoms with E-state index < -0.39 is 12.0 Å². The predicted molar refractivity (Wildman–Crippen MR) is 220 cm³/mol. The van der Waals surface area contributed by atoms with Gasteiger partial charge in [0, 0.05) is 45.3 Å². The van der Waals surface area contributed by atoms with Gasteiger partial charge in [-0.3, -0.25) is 19.2 Å². The number of likely N-dealkylation sites (N-methyl/N-ethyl adjacent to an activating group) is 2. The molecule has 0 fully saturated rings. The Hall–Kier alpha value is -2.73. The second-order valence-electron chi connectivity index (χ2n) is 16.5. The van der Waals surface area contributed by atoms with Gasteiger partial charge in [-0.05, 0) is 39.0 Å². The van der Waals surface area contributed by atoms with Crippen molar-refractivity contribution in [3.63, 3.8) is 0 Å². The lowest BCUT2D eigenvalue weighted by molar-refractivity contribution is -0.882. The van der Waals surface area contributed by atoms with Crippen molar-refractivity contribution in [1.82, 2.24) is 21.3 Å². The van der Waals surface area contributed by atoms with E-state index in [-0.39, 0.29) is 36.8 Å². The summed E-state index contributed by atoms with van der Waals surface area (Å²) in [6.45, 7) is 10.1. The van der Waals surface area contributed by atoms with Crippen molar-refractivity contribution in [3.8, 4) is 0 Å². The van der Waals surface area contributed by atoms with E-state index in [1.807, 2.05) is 28.2 Å². The van der Waals surface area contributed by atoms with E-state index in [0.717, 1.165) is 45.1 Å². The fraction of sp³-hybridized carbons (Fsp3) is 0.881. The molecule has 0 spiro atoms. The van der Waals surface area contributed by atoms with Gasteiger partial charge in [-0.15, -0.1) is 0 Å². The van der Waals surface area contributed by atoms with Gasteiger partial charge in [0.15, 0.2) is 13.1 Å². The summed E-state index contributed by atoms with van der Waals surface area (Å²) in [5.74, 6) is -0.499. The number of nitrogens with one attached hydrogen (secondary N) is 4. The Labute approximate surface area is 330 Å². The number of hydrogen-bond acceptors (Lipinski definition) is 6. The largest absolute Gasteiger partial charge is 0.464 e. The number of unbranched alkanes of at least 4 members (excludes halogenated alkanes) is 13. The number of nitrogens with zero attached hydrogens (tertiary/aromatic N) is 2. The first-order valence-corrected chi connectivity index (χ1v) is 21.6. The third kappa shape index (κ3) is 31.6. The highest BCUT2D eigenvalue weighted by Gasteiger charge is 2.26. The van der Waals surface area contributed by atoms with Gasteiger partial charge in [0.25, 0.3) is 11.8 Å². The first-order chi connectivity index (χ1) is 25.7. The molecule has 0 aromatic carbocycles. The quantitative estimate of drug-likeness (QED) is 0.0363. The van der Waals surface area contributed by atoms with Gasteiger partial charge in [-0.25, -0.2) is 4.79 Å². The highest BCUT2D eigenvalue weighted by atomic mass is 16.5. The lowest BCUT2D eigenvalue weighted by Gasteiger charge is -2.30. The molecule has 4 N–H and O–H groups in total. The zero-order chi connectivity index (χ0) is 40.5. The average molecular weight is 769 g/mol. The maximum absolute atomic E-state index is 13.0. The fourth-order valence-corrected chi connectivity index (χ4v) is 6.56. The fourth-order valence-electron chi connectivity index (χ4n) is 6.56. The van der Waals surface area contributed by atoms with E-state index in [1.165, 1.54) is 64.2 Å². The smallest absolute Gasteiger partial charge is 0.328 e. The molecule has 0 aliphatic heterocycles. The zero-order valence-electron chi connectivity index (χ0n) is 35.9. The molecule has 1 atom stereocenters. The Morgan fingerprint density at radius 2 is 0.889 bits per heavy atom. The van der Waals surface area contributed by atoms with Crippen molar-refractivity contribution in [1.29, 1.82) is 0 Å². The molecular weight excluding hydrogens is 684 g/mol. The molecule has 4 amide bonds. The van der Waals surface area contributed by atoms with Crippen LogP contribution >= 0.6 is 0 Å². The molecule has 316 valence electrons. The summed E-state index contributed by atoms with van der Waals surface area (Å²) in [5.41, 5.74) is 0. The summed E-state index contributed by atoms with van der Waals surface area (Å²) < 4.78 is 6.20. The normalized spacial score (nSPS) is 12.2. The third-order valence-electron chi connectivity index (χ3n) is 9.83. The highest BCUT2D eigenvalue weighted by molar-refractivity contribution is 5.85. The molecule has 0 aromatic rings. The summed E-state index contributed by atoms with van der Waals surface area (Å²) in [7, 11) is 7.98. The predicted octanol–water partition coefficient (Wildman–Crippen LogP) is 5.77. The number of amides is 4. The molecule has 54 heavy (non-hydrogen) atoms. The van der Waals surface area contributed by atoms with Gasteiger partial charge in [-0.1, -0.05) is 90.9 Å². The van der Waals surface area contributed by atoms with Gasteiger partial charge in [0.05, 0.1) is 47.9 Å². The maximum Gasteiger partial charge on any atom is 0.328 e. The molecule has 0 saturated heterocycles. The molecule has 0 aromatic heterocycles. The van der Waals surface area contributed by atoms with Gasteiger partial charge in [0.1, 0.15) is 6.04 Å². The van der Waals surface area contributed by atoms with E-state index >= 15 is 0 Å². The molecule has 0 bridgehead atoms. The number of rotatable bonds is 36. The van der Waals surface area contributed by atoms with Crippen LogP contribution in [-0.2, 0) is 28.7 Å². The second kappa shape index (κ2) is 32.5. The minimum Gasteiger partial charge on any atom is -0.464 e. The minimum atomic E-state index is -0.745. The zero-order valence-corrected chi connectivity index (χ0v) is 35.9. The van der Waals surface area contributed by atoms with Gasteiger partial charge >= 0.3 is 5.97 Å². The van der Waals surface area contributed by atoms with Crippen molar-refractivity contribution >= 4 is 29.6 Å². The third-order valence-corrected chi connectivity index (χ3v) is 9.83. The molecule has 12 heteroatoms. The van der Waals surface area contributed by atoms with Crippen LogP contribution in [0.3, 0.4) is 0 Å². The van der Waals surface area contributed by atoms with Crippen LogP contribution in [0, 0.1) is 0 Å². The average Bonchev–Trinajstić information content (AvgIpc) is 3.10. The Morgan fingerprint density at radius 3 is 1.35 bits per heavy atom. The molecule has 0 unspecified atom stereocenters. The van der Waals surface area contributed by atoms with Gasteiger partial charge in [0.2, 0.25) is 11.8 Å². The van der Waals surface area contributed by atoms with Gasteiger partial charge < -0.3 is 35.0 Å². The number of carbonyl (C=O) groups is 5. The molecule has 0 aliphatic rings. The number of hydrogen-bond donors (Lipinski definition) is 4. The van der Waals surface area contributed by atoms with E-state index in [9.17, 15) is 24.0 Å². The van der Waals surface area contributed by atoms with Crippen LogP contribution in [0.2, 0.25) is 0 Å². The standard InChI is InChI=1S/C42H82N6O6/c1-8-11-13-15-17-19-21-28-38(49)43-31-25-33-47(4,5)35-40(51)45-30-24-23-27-37(42(53)54-10-3)46-41(52)36-48(6,7)34-26-32-44-39(50)29-22-20-18-16-14-12-9-2/h37H,8-36H2,1-7H3,(H2-2,43,44,45,46,49,50,51,52)/p+2/t37-/m0/s1. The van der Waals surface area contributed by atoms with Crippen molar-refractivity contribution < 1.29 is 37.7 Å². The lowest BCUT2D eigenvalue weighted by atomic mass is 10.1. The topological polar surface area (TPSA) is 143 Å². The molecule has 0 heterocycles. The van der Waals surface area contributed by atoms with Crippen molar-refractivity contribution in [2.24, 2.45) is 0 Å². The summed E-state index contributed by atoms with van der Waals surface area (Å²) >= 11 is 0. The summed E-state index contributed by atoms with van der Waals surface area (Å²) in [5, 5.41) is 11.9. The van der Waals surface area contributed by atoms with Crippen LogP contribution in [0.4, 0.5) is 0 Å². The first kappa shape index (κ1) is 51.3. The van der Waals surface area contributed by atoms with Crippen LogP contribution in [-0.4, -0.2) is 125 Å². The molecular formula is C42H84N6O6+2. The summed E-state index contributed by atoms with van der Waals surface area (Å²) in [6, 6.07) is -0.745. The summed E-state index contributed by atoms with van der Waals surface area (Å²) in [6.07, 6.45) is 21.1. The van der Waals surface area contributed by atoms with E-state index in [2.05, 4.69) is 35.1 Å². The van der Waals surface area contributed by atoms with Crippen LogP contribution in [0.1, 0.15) is 156 Å². The number of ether oxygens (including phenoxy) is 1. The van der Waals surface area contributed by atoms with Crippen LogP contribution in [0.5, 0.6) is 0 Å². The second-order valence-corrected chi connectivity index (χ2v) is 16.5. The molecule has 12 nitrogen and oxygen atoms in total. The van der Waals surface area contributed by atoms with E-state index in [0.29, 0.717) is 73.8 Å². The van der Waals surface area contributed by atoms with Gasteiger partial charge in [-0.2, -0.15) is 0 Å². The Balaban J connectivity index is 4.33. The Bertz CT molecular complexity index is 1020. The number of esters is 1. The number of carbonyl (C=O) groups excluding carboxylic acids is 5. The molecule has 0 radical (unpaired) electrons. The van der Waals surface area contributed by atoms with E-state index in [1.54, 1.807) is 6.92 Å². The highest BCUT2D eigenvalue weighted by Crippen LogP contribution is 2.10. The first-order valence-electron chi connectivity index (χ1n) is 21.6. The Kier molecular flexibility index (Phi) is 30.9. The van der Waals surface area contributed by atoms with Crippen LogP contribution in [0.15, 0.2) is 0 Å². The maximum atomic E-state index is 13.0. The monoisotopic (exact) mass is 769 g/mol. The van der Waals surface area contributed by atoms with E-state index in [4.69, 9.17) is 4.74 Å². The minimum absolute atomic E-state index is 0.0362. The molecule has 0 rings (SSSR count). The van der Waals surface area contributed by atoms with Crippen molar-refractivity contribution in [2.45, 2.75) is 162 Å². The van der Waals surface area contributed by atoms with Crippen LogP contribution < -0.4 is 21.3 Å². The van der Waals surface area contributed by atoms with Crippen molar-refractivity contribution in [3.05, 3.63) is 0 Å². The van der Waals surface area contributed by atoms with Crippen molar-refractivity contribution in [2.75, 3.05) is 80.6 Å². The molecule has 0 saturated carbocycles. The Morgan fingerprint density at radius 1 is 0.481 bits per heavy atom.